The Hall–Kier alpha value is -1.31. The smallest absolute Gasteiger partial charge is 0.243 e. The first-order chi connectivity index (χ1) is 9.48. The van der Waals surface area contributed by atoms with Crippen LogP contribution in [-0.2, 0) is 10.0 Å². The molecular formula is C13H20N2O4S. The van der Waals surface area contributed by atoms with Gasteiger partial charge in [0, 0.05) is 25.2 Å². The summed E-state index contributed by atoms with van der Waals surface area (Å²) in [5.41, 5.74) is 5.85. The van der Waals surface area contributed by atoms with Gasteiger partial charge in [-0.05, 0) is 25.0 Å². The van der Waals surface area contributed by atoms with Crippen LogP contribution in [0.1, 0.15) is 12.8 Å². The van der Waals surface area contributed by atoms with Gasteiger partial charge in [-0.15, -0.1) is 0 Å². The zero-order valence-corrected chi connectivity index (χ0v) is 12.5. The van der Waals surface area contributed by atoms with Gasteiger partial charge >= 0.3 is 0 Å². The predicted octanol–water partition coefficient (Wildman–Crippen LogP) is 0.816. The van der Waals surface area contributed by atoms with Crippen molar-refractivity contribution in [2.24, 2.45) is 5.73 Å². The highest BCUT2D eigenvalue weighted by Gasteiger charge is 2.29. The third kappa shape index (κ3) is 2.89. The van der Waals surface area contributed by atoms with E-state index in [1.807, 2.05) is 0 Å². The minimum Gasteiger partial charge on any atom is -0.493 e. The van der Waals surface area contributed by atoms with Crippen molar-refractivity contribution < 1.29 is 17.9 Å². The van der Waals surface area contributed by atoms with Crippen LogP contribution in [0.25, 0.3) is 0 Å². The van der Waals surface area contributed by atoms with Gasteiger partial charge in [-0.2, -0.15) is 4.31 Å². The summed E-state index contributed by atoms with van der Waals surface area (Å²) in [4.78, 5) is 0.198. The van der Waals surface area contributed by atoms with Crippen LogP contribution in [0.5, 0.6) is 11.5 Å². The molecule has 1 aromatic carbocycles. The fourth-order valence-corrected chi connectivity index (χ4v) is 3.87. The van der Waals surface area contributed by atoms with Crippen LogP contribution in [0.15, 0.2) is 23.1 Å². The van der Waals surface area contributed by atoms with E-state index in [2.05, 4.69) is 0 Å². The highest BCUT2D eigenvalue weighted by Crippen LogP contribution is 2.31. The molecule has 1 heterocycles. The van der Waals surface area contributed by atoms with Crippen LogP contribution in [0.2, 0.25) is 0 Å². The first-order valence-electron chi connectivity index (χ1n) is 6.47. The molecule has 0 aliphatic carbocycles. The lowest BCUT2D eigenvalue weighted by atomic mass is 10.1. The van der Waals surface area contributed by atoms with Crippen molar-refractivity contribution in [3.05, 3.63) is 18.2 Å². The molecule has 112 valence electrons. The first-order valence-corrected chi connectivity index (χ1v) is 7.91. The molecule has 2 rings (SSSR count). The number of methoxy groups -OCH3 is 2. The Labute approximate surface area is 119 Å². The van der Waals surface area contributed by atoms with E-state index in [0.717, 1.165) is 12.8 Å². The molecule has 1 saturated heterocycles. The molecule has 0 bridgehead atoms. The third-order valence-electron chi connectivity index (χ3n) is 3.41. The molecule has 0 aromatic heterocycles. The third-order valence-corrected chi connectivity index (χ3v) is 5.27. The number of nitrogens with two attached hydrogens (primary N) is 1. The van der Waals surface area contributed by atoms with E-state index >= 15 is 0 Å². The lowest BCUT2D eigenvalue weighted by Gasteiger charge is -2.30. The lowest BCUT2D eigenvalue weighted by Crippen LogP contribution is -2.45. The maximum atomic E-state index is 12.6. The van der Waals surface area contributed by atoms with Gasteiger partial charge < -0.3 is 15.2 Å². The van der Waals surface area contributed by atoms with Crippen LogP contribution < -0.4 is 15.2 Å². The molecule has 1 aliphatic heterocycles. The van der Waals surface area contributed by atoms with E-state index in [-0.39, 0.29) is 10.9 Å². The van der Waals surface area contributed by atoms with Gasteiger partial charge in [-0.3, -0.25) is 0 Å². The first kappa shape index (κ1) is 15.1. The molecule has 0 amide bonds. The molecule has 2 N–H and O–H groups in total. The molecule has 1 atom stereocenters. The van der Waals surface area contributed by atoms with Crippen LogP contribution in [0, 0.1) is 0 Å². The van der Waals surface area contributed by atoms with Crippen molar-refractivity contribution >= 4 is 10.0 Å². The Morgan fingerprint density at radius 1 is 1.25 bits per heavy atom. The number of nitrogens with zero attached hydrogens (tertiary/aromatic N) is 1. The molecule has 0 saturated carbocycles. The Kier molecular flexibility index (Phi) is 4.52. The second-order valence-corrected chi connectivity index (χ2v) is 6.72. The lowest BCUT2D eigenvalue weighted by molar-refractivity contribution is 0.315. The fourth-order valence-electron chi connectivity index (χ4n) is 2.32. The van der Waals surface area contributed by atoms with E-state index in [9.17, 15) is 8.42 Å². The van der Waals surface area contributed by atoms with Crippen LogP contribution >= 0.6 is 0 Å². The topological polar surface area (TPSA) is 81.9 Å². The maximum absolute atomic E-state index is 12.6. The molecule has 0 spiro atoms. The number of hydrogen-bond donors (Lipinski definition) is 1. The standard InChI is InChI=1S/C13H20N2O4S/c1-18-12-6-5-11(8-13(12)19-2)20(16,17)15-7-3-4-10(14)9-15/h5-6,8,10H,3-4,7,9,14H2,1-2H3. The molecule has 1 aromatic rings. The van der Waals surface area contributed by atoms with E-state index in [1.165, 1.54) is 30.7 Å². The minimum absolute atomic E-state index is 0.0985. The Bertz CT molecular complexity index is 574. The van der Waals surface area contributed by atoms with E-state index in [4.69, 9.17) is 15.2 Å². The summed E-state index contributed by atoms with van der Waals surface area (Å²) in [5.74, 6) is 0.900. The summed E-state index contributed by atoms with van der Waals surface area (Å²) in [6, 6.07) is 4.50. The number of rotatable bonds is 4. The number of hydrogen-bond acceptors (Lipinski definition) is 5. The van der Waals surface area contributed by atoms with Gasteiger partial charge in [-0.1, -0.05) is 0 Å². The zero-order chi connectivity index (χ0) is 14.8. The molecule has 7 heteroatoms. The number of sulfonamides is 1. The highest BCUT2D eigenvalue weighted by atomic mass is 32.2. The zero-order valence-electron chi connectivity index (χ0n) is 11.7. The average Bonchev–Trinajstić information content (AvgIpc) is 2.46. The Morgan fingerprint density at radius 3 is 2.55 bits per heavy atom. The summed E-state index contributed by atoms with van der Waals surface area (Å²) < 4.78 is 36.8. The van der Waals surface area contributed by atoms with Gasteiger partial charge in [0.25, 0.3) is 0 Å². The Balaban J connectivity index is 2.34. The number of benzene rings is 1. The van der Waals surface area contributed by atoms with Crippen molar-refractivity contribution in [1.82, 2.24) is 4.31 Å². The molecule has 1 aliphatic rings. The van der Waals surface area contributed by atoms with E-state index in [0.29, 0.717) is 24.6 Å². The summed E-state index contributed by atoms with van der Waals surface area (Å²) in [6.07, 6.45) is 1.64. The average molecular weight is 300 g/mol. The summed E-state index contributed by atoms with van der Waals surface area (Å²) in [7, 11) is -0.548. The number of piperidine rings is 1. The maximum Gasteiger partial charge on any atom is 0.243 e. The Morgan fingerprint density at radius 2 is 1.95 bits per heavy atom. The van der Waals surface area contributed by atoms with Crippen molar-refractivity contribution in [3.63, 3.8) is 0 Å². The van der Waals surface area contributed by atoms with Crippen LogP contribution in [0.3, 0.4) is 0 Å². The molecule has 0 radical (unpaired) electrons. The highest BCUT2D eigenvalue weighted by molar-refractivity contribution is 7.89. The van der Waals surface area contributed by atoms with Gasteiger partial charge in [0.15, 0.2) is 11.5 Å². The van der Waals surface area contributed by atoms with Gasteiger partial charge in [0.05, 0.1) is 19.1 Å². The largest absolute Gasteiger partial charge is 0.493 e. The van der Waals surface area contributed by atoms with E-state index in [1.54, 1.807) is 6.07 Å². The van der Waals surface area contributed by atoms with Crippen molar-refractivity contribution in [3.8, 4) is 11.5 Å². The quantitative estimate of drug-likeness (QED) is 0.890. The molecule has 20 heavy (non-hydrogen) atoms. The summed E-state index contributed by atoms with van der Waals surface area (Å²) in [5, 5.41) is 0. The van der Waals surface area contributed by atoms with Gasteiger partial charge in [-0.25, -0.2) is 8.42 Å². The second kappa shape index (κ2) is 5.99. The van der Waals surface area contributed by atoms with Gasteiger partial charge in [0.1, 0.15) is 0 Å². The van der Waals surface area contributed by atoms with Crippen LogP contribution in [0.4, 0.5) is 0 Å². The SMILES string of the molecule is COc1ccc(S(=O)(=O)N2CCCC(N)C2)cc1OC. The van der Waals surface area contributed by atoms with Crippen molar-refractivity contribution in [2.45, 2.75) is 23.8 Å². The van der Waals surface area contributed by atoms with Crippen LogP contribution in [-0.4, -0.2) is 46.1 Å². The van der Waals surface area contributed by atoms with Crippen molar-refractivity contribution in [2.75, 3.05) is 27.3 Å². The number of ether oxygens (including phenoxy) is 2. The monoisotopic (exact) mass is 300 g/mol. The van der Waals surface area contributed by atoms with Crippen molar-refractivity contribution in [1.29, 1.82) is 0 Å². The molecule has 6 nitrogen and oxygen atoms in total. The molecular weight excluding hydrogens is 280 g/mol. The van der Waals surface area contributed by atoms with E-state index < -0.39 is 10.0 Å². The minimum atomic E-state index is -3.53. The second-order valence-electron chi connectivity index (χ2n) is 4.78. The molecule has 1 unspecified atom stereocenters. The molecule has 1 fully saturated rings. The van der Waals surface area contributed by atoms with Gasteiger partial charge in [0.2, 0.25) is 10.0 Å². The fraction of sp³-hybridized carbons (Fsp3) is 0.538. The predicted molar refractivity (Wildman–Crippen MR) is 75.5 cm³/mol. The summed E-state index contributed by atoms with van der Waals surface area (Å²) in [6.45, 7) is 0.862. The normalized spacial score (nSPS) is 20.6. The summed E-state index contributed by atoms with van der Waals surface area (Å²) >= 11 is 0.